The highest BCUT2D eigenvalue weighted by molar-refractivity contribution is 5.95. The van der Waals surface area contributed by atoms with Gasteiger partial charge < -0.3 is 15.0 Å². The van der Waals surface area contributed by atoms with Crippen molar-refractivity contribution in [3.05, 3.63) is 59.4 Å². The minimum atomic E-state index is -0.563. The Morgan fingerprint density at radius 1 is 1.30 bits per heavy atom. The standard InChI is InChI=1S/C16H20N2O2/c1-12-6-3-4-7-13(12)16(20)17-10-9-15(19)14-8-5-11-18(14)2/h3-8,11,15,19H,9-10H2,1-2H3,(H,17,20)/t15-/m1/s1. The van der Waals surface area contributed by atoms with E-state index < -0.39 is 6.10 Å². The topological polar surface area (TPSA) is 54.3 Å². The quantitative estimate of drug-likeness (QED) is 0.876. The van der Waals surface area contributed by atoms with E-state index in [-0.39, 0.29) is 5.91 Å². The zero-order valence-corrected chi connectivity index (χ0v) is 11.8. The van der Waals surface area contributed by atoms with E-state index >= 15 is 0 Å². The van der Waals surface area contributed by atoms with E-state index in [1.54, 1.807) is 6.07 Å². The van der Waals surface area contributed by atoms with Gasteiger partial charge in [0.05, 0.1) is 6.10 Å². The van der Waals surface area contributed by atoms with Crippen LogP contribution in [-0.2, 0) is 7.05 Å². The molecule has 1 amide bonds. The fourth-order valence-electron chi connectivity index (χ4n) is 2.21. The van der Waals surface area contributed by atoms with Gasteiger partial charge in [0.15, 0.2) is 0 Å². The number of benzene rings is 1. The van der Waals surface area contributed by atoms with Crippen LogP contribution in [0.3, 0.4) is 0 Å². The minimum Gasteiger partial charge on any atom is -0.387 e. The number of nitrogens with zero attached hydrogens (tertiary/aromatic N) is 1. The third-order valence-electron chi connectivity index (χ3n) is 3.42. The Bertz CT molecular complexity index is 590. The van der Waals surface area contributed by atoms with Crippen molar-refractivity contribution in [2.45, 2.75) is 19.4 Å². The average Bonchev–Trinajstić information content (AvgIpc) is 2.85. The maximum absolute atomic E-state index is 12.0. The van der Waals surface area contributed by atoms with Gasteiger partial charge in [-0.1, -0.05) is 18.2 Å². The summed E-state index contributed by atoms with van der Waals surface area (Å²) in [7, 11) is 1.89. The van der Waals surface area contributed by atoms with Crippen LogP contribution in [0, 0.1) is 6.92 Å². The Kier molecular flexibility index (Phi) is 4.58. The maximum atomic E-state index is 12.0. The van der Waals surface area contributed by atoms with Crippen molar-refractivity contribution in [3.8, 4) is 0 Å². The molecule has 0 unspecified atom stereocenters. The van der Waals surface area contributed by atoms with Crippen LogP contribution in [0.1, 0.15) is 34.1 Å². The molecule has 4 heteroatoms. The highest BCUT2D eigenvalue weighted by Crippen LogP contribution is 2.15. The molecule has 0 fully saturated rings. The lowest BCUT2D eigenvalue weighted by atomic mass is 10.1. The molecule has 2 aromatic rings. The Morgan fingerprint density at radius 3 is 2.70 bits per heavy atom. The van der Waals surface area contributed by atoms with Gasteiger partial charge in [0, 0.05) is 31.0 Å². The zero-order valence-electron chi connectivity index (χ0n) is 11.8. The molecule has 0 aliphatic heterocycles. The fraction of sp³-hybridized carbons (Fsp3) is 0.312. The largest absolute Gasteiger partial charge is 0.387 e. The summed E-state index contributed by atoms with van der Waals surface area (Å²) in [5.74, 6) is -0.0952. The van der Waals surface area contributed by atoms with E-state index in [0.717, 1.165) is 11.3 Å². The van der Waals surface area contributed by atoms with Gasteiger partial charge in [0.25, 0.3) is 5.91 Å². The molecular weight excluding hydrogens is 252 g/mol. The summed E-state index contributed by atoms with van der Waals surface area (Å²) < 4.78 is 1.88. The van der Waals surface area contributed by atoms with Crippen LogP contribution in [0.15, 0.2) is 42.6 Å². The highest BCUT2D eigenvalue weighted by atomic mass is 16.3. The number of aryl methyl sites for hydroxylation is 2. The summed E-state index contributed by atoms with van der Waals surface area (Å²) in [4.78, 5) is 12.0. The Hall–Kier alpha value is -2.07. The summed E-state index contributed by atoms with van der Waals surface area (Å²) in [6, 6.07) is 11.2. The lowest BCUT2D eigenvalue weighted by molar-refractivity contribution is 0.0940. The Labute approximate surface area is 119 Å². The summed E-state index contributed by atoms with van der Waals surface area (Å²) in [5, 5.41) is 12.9. The smallest absolute Gasteiger partial charge is 0.251 e. The molecule has 1 aromatic carbocycles. The summed E-state index contributed by atoms with van der Waals surface area (Å²) >= 11 is 0. The van der Waals surface area contributed by atoms with E-state index in [0.29, 0.717) is 18.5 Å². The van der Waals surface area contributed by atoms with Crippen molar-refractivity contribution >= 4 is 5.91 Å². The average molecular weight is 272 g/mol. The van der Waals surface area contributed by atoms with Gasteiger partial charge in [-0.2, -0.15) is 0 Å². The lowest BCUT2D eigenvalue weighted by Crippen LogP contribution is -2.26. The van der Waals surface area contributed by atoms with Gasteiger partial charge in [-0.25, -0.2) is 0 Å². The molecule has 0 radical (unpaired) electrons. The number of aliphatic hydroxyl groups excluding tert-OH is 1. The van der Waals surface area contributed by atoms with Crippen molar-refractivity contribution in [2.75, 3.05) is 6.54 Å². The first kappa shape index (κ1) is 14.3. The van der Waals surface area contributed by atoms with Crippen LogP contribution in [-0.4, -0.2) is 22.1 Å². The van der Waals surface area contributed by atoms with Crippen molar-refractivity contribution in [3.63, 3.8) is 0 Å². The number of nitrogens with one attached hydrogen (secondary N) is 1. The molecule has 0 aliphatic rings. The second kappa shape index (κ2) is 6.39. The van der Waals surface area contributed by atoms with Crippen LogP contribution in [0.5, 0.6) is 0 Å². The molecule has 2 rings (SSSR count). The first-order chi connectivity index (χ1) is 9.59. The van der Waals surface area contributed by atoms with Gasteiger partial charge in [-0.05, 0) is 37.1 Å². The van der Waals surface area contributed by atoms with Crippen LogP contribution in [0.25, 0.3) is 0 Å². The molecule has 0 saturated heterocycles. The van der Waals surface area contributed by atoms with Gasteiger partial charge in [0.2, 0.25) is 0 Å². The molecule has 0 aliphatic carbocycles. The van der Waals surface area contributed by atoms with E-state index in [9.17, 15) is 9.90 Å². The second-order valence-electron chi connectivity index (χ2n) is 4.92. The van der Waals surface area contributed by atoms with Crippen molar-refractivity contribution in [1.82, 2.24) is 9.88 Å². The second-order valence-corrected chi connectivity index (χ2v) is 4.92. The lowest BCUT2D eigenvalue weighted by Gasteiger charge is -2.13. The van der Waals surface area contributed by atoms with E-state index in [4.69, 9.17) is 0 Å². The van der Waals surface area contributed by atoms with Gasteiger partial charge in [-0.15, -0.1) is 0 Å². The Balaban J connectivity index is 1.86. The molecule has 0 saturated carbocycles. The normalized spacial score (nSPS) is 12.2. The van der Waals surface area contributed by atoms with E-state index in [1.165, 1.54) is 0 Å². The van der Waals surface area contributed by atoms with Crippen LogP contribution in [0.2, 0.25) is 0 Å². The number of amides is 1. The van der Waals surface area contributed by atoms with Crippen molar-refractivity contribution in [1.29, 1.82) is 0 Å². The summed E-state index contributed by atoms with van der Waals surface area (Å²) in [6.07, 6.45) is 1.83. The number of hydrogen-bond acceptors (Lipinski definition) is 2. The number of aliphatic hydroxyl groups is 1. The third kappa shape index (κ3) is 3.27. The predicted octanol–water partition coefficient (Wildman–Crippen LogP) is 2.19. The van der Waals surface area contributed by atoms with Gasteiger partial charge in [0.1, 0.15) is 0 Å². The summed E-state index contributed by atoms with van der Waals surface area (Å²) in [5.41, 5.74) is 2.49. The van der Waals surface area contributed by atoms with Crippen molar-refractivity contribution in [2.24, 2.45) is 7.05 Å². The molecule has 1 atom stereocenters. The monoisotopic (exact) mass is 272 g/mol. The molecule has 0 bridgehead atoms. The summed E-state index contributed by atoms with van der Waals surface area (Å²) in [6.45, 7) is 2.35. The number of aromatic nitrogens is 1. The molecule has 4 nitrogen and oxygen atoms in total. The first-order valence-electron chi connectivity index (χ1n) is 6.72. The maximum Gasteiger partial charge on any atom is 0.251 e. The van der Waals surface area contributed by atoms with Crippen LogP contribution >= 0.6 is 0 Å². The zero-order chi connectivity index (χ0) is 14.5. The minimum absolute atomic E-state index is 0.0952. The first-order valence-corrected chi connectivity index (χ1v) is 6.72. The van der Waals surface area contributed by atoms with E-state index in [2.05, 4.69) is 5.32 Å². The number of carbonyl (C=O) groups is 1. The molecule has 2 N–H and O–H groups in total. The molecule has 106 valence electrons. The SMILES string of the molecule is Cc1ccccc1C(=O)NCC[C@@H](O)c1cccn1C. The van der Waals surface area contributed by atoms with Crippen LogP contribution in [0.4, 0.5) is 0 Å². The number of rotatable bonds is 5. The molecule has 20 heavy (non-hydrogen) atoms. The molecule has 1 heterocycles. The number of hydrogen-bond donors (Lipinski definition) is 2. The van der Waals surface area contributed by atoms with E-state index in [1.807, 2.05) is 55.1 Å². The molecule has 0 spiro atoms. The molecular formula is C16H20N2O2. The Morgan fingerprint density at radius 2 is 2.05 bits per heavy atom. The third-order valence-corrected chi connectivity index (χ3v) is 3.42. The fourth-order valence-corrected chi connectivity index (χ4v) is 2.21. The molecule has 1 aromatic heterocycles. The predicted molar refractivity (Wildman–Crippen MR) is 78.5 cm³/mol. The number of carbonyl (C=O) groups excluding carboxylic acids is 1. The van der Waals surface area contributed by atoms with Gasteiger partial charge in [-0.3, -0.25) is 4.79 Å². The van der Waals surface area contributed by atoms with Crippen molar-refractivity contribution < 1.29 is 9.90 Å². The highest BCUT2D eigenvalue weighted by Gasteiger charge is 2.12. The van der Waals surface area contributed by atoms with Crippen LogP contribution < -0.4 is 5.32 Å². The van der Waals surface area contributed by atoms with Gasteiger partial charge >= 0.3 is 0 Å².